The number of aromatic amines is 1. The molecule has 10 rings (SSSR count). The van der Waals surface area contributed by atoms with Crippen LogP contribution in [0.25, 0.3) is 0 Å². The average Bonchev–Trinajstić information content (AvgIpc) is 4.17. The minimum atomic E-state index is -0.873. The van der Waals surface area contributed by atoms with Gasteiger partial charge in [-0.2, -0.15) is 9.97 Å². The zero-order valence-corrected chi connectivity index (χ0v) is 47.2. The summed E-state index contributed by atoms with van der Waals surface area (Å²) in [5, 5.41) is 17.1. The van der Waals surface area contributed by atoms with Gasteiger partial charge in [-0.1, -0.05) is 46.2 Å². The smallest absolute Gasteiger partial charge is 0.303 e. The minimum absolute atomic E-state index is 0. The number of carbonyl (C=O) groups is 2. The third-order valence-electron chi connectivity index (χ3n) is 13.6. The quantitative estimate of drug-likeness (QED) is 0.0481. The molecule has 21 nitrogen and oxygen atoms in total. The van der Waals surface area contributed by atoms with Gasteiger partial charge in [-0.3, -0.25) is 19.4 Å². The third kappa shape index (κ3) is 16.6. The molecule has 4 aliphatic carbocycles. The number of aliphatic carboxylic acids is 2. The Kier molecular flexibility index (Phi) is 21.9. The van der Waals surface area contributed by atoms with E-state index in [4.69, 9.17) is 54.2 Å². The summed E-state index contributed by atoms with van der Waals surface area (Å²) in [6.45, 7) is 10.5. The first-order valence-electron chi connectivity index (χ1n) is 25.7. The largest absolute Gasteiger partial charge is 0.497 e. The molecule has 12 N–H and O–H groups in total. The summed E-state index contributed by atoms with van der Waals surface area (Å²) in [7, 11) is 9.54. The van der Waals surface area contributed by atoms with E-state index in [2.05, 4.69) is 79.5 Å². The predicted molar refractivity (Wildman–Crippen MR) is 305 cm³/mol. The summed E-state index contributed by atoms with van der Waals surface area (Å²) in [6, 6.07) is 15.7. The van der Waals surface area contributed by atoms with Gasteiger partial charge in [0.1, 0.15) is 28.2 Å². The molecule has 0 aliphatic heterocycles. The minimum Gasteiger partial charge on any atom is -0.497 e. The van der Waals surface area contributed by atoms with E-state index in [1.807, 2.05) is 55.6 Å². The van der Waals surface area contributed by atoms with Crippen LogP contribution in [-0.2, 0) is 61.0 Å². The molecule has 0 spiro atoms. The van der Waals surface area contributed by atoms with E-state index in [1.54, 1.807) is 21.1 Å². The van der Waals surface area contributed by atoms with Crippen LogP contribution in [0.2, 0.25) is 5.15 Å². The number of anilines is 6. The highest BCUT2D eigenvalue weighted by Gasteiger charge is 2.29. The molecular formula is C55H74Cl2N14O7. The van der Waals surface area contributed by atoms with Crippen molar-refractivity contribution in [2.24, 2.45) is 29.6 Å². The number of nitrogens with two attached hydrogens (primary N) is 4. The number of nitrogens with zero attached hydrogens (tertiary/aromatic N) is 8. The second kappa shape index (κ2) is 27.8. The van der Waals surface area contributed by atoms with Gasteiger partial charge in [-0.15, -0.1) is 19.5 Å². The first-order valence-corrected chi connectivity index (χ1v) is 26.0. The zero-order valence-electron chi connectivity index (χ0n) is 45.6. The Morgan fingerprint density at radius 3 is 1.65 bits per heavy atom. The molecule has 4 aliphatic rings. The van der Waals surface area contributed by atoms with Gasteiger partial charge in [0.2, 0.25) is 29.6 Å². The number of quaternary nitrogens is 1. The van der Waals surface area contributed by atoms with Crippen LogP contribution in [0.4, 0.5) is 46.8 Å². The Hall–Kier alpha value is -7.36. The van der Waals surface area contributed by atoms with Crippen LogP contribution in [0.3, 0.4) is 0 Å². The average molecular weight is 1110 g/mol. The van der Waals surface area contributed by atoms with E-state index in [1.165, 1.54) is 11.1 Å². The number of nitrogens with one attached hydrogen (secondary N) is 2. The highest BCUT2D eigenvalue weighted by Crippen LogP contribution is 2.36. The first kappa shape index (κ1) is 61.5. The molecule has 2 aromatic carbocycles. The van der Waals surface area contributed by atoms with Crippen molar-refractivity contribution in [1.82, 2.24) is 39.9 Å². The van der Waals surface area contributed by atoms with Crippen molar-refractivity contribution >= 4 is 82.8 Å². The molecule has 6 atom stereocenters. The summed E-state index contributed by atoms with van der Waals surface area (Å²) >= 11 is 5.91. The van der Waals surface area contributed by atoms with Crippen molar-refractivity contribution in [2.45, 2.75) is 105 Å². The molecule has 6 unspecified atom stereocenters. The normalized spacial score (nSPS) is 17.6. The molecule has 0 fully saturated rings. The molecule has 0 amide bonds. The highest BCUT2D eigenvalue weighted by atomic mass is 35.5. The Labute approximate surface area is 466 Å². The van der Waals surface area contributed by atoms with E-state index >= 15 is 0 Å². The van der Waals surface area contributed by atoms with Gasteiger partial charge in [0.15, 0.2) is 0 Å². The Bertz CT molecular complexity index is 2960. The van der Waals surface area contributed by atoms with Crippen LogP contribution in [0.15, 0.2) is 53.3 Å². The fourth-order valence-corrected chi connectivity index (χ4v) is 10.1. The van der Waals surface area contributed by atoms with Gasteiger partial charge < -0.3 is 52.4 Å². The van der Waals surface area contributed by atoms with Crippen LogP contribution in [0.5, 0.6) is 11.5 Å². The van der Waals surface area contributed by atoms with Gasteiger partial charge in [-0.05, 0) is 124 Å². The number of carboxylic acid groups (broad SMARTS) is 2. The predicted octanol–water partition coefficient (Wildman–Crippen LogP) is 6.93. The lowest BCUT2D eigenvalue weighted by Crippen LogP contribution is -2.96. The van der Waals surface area contributed by atoms with Gasteiger partial charge >= 0.3 is 11.9 Å². The van der Waals surface area contributed by atoms with E-state index in [9.17, 15) is 14.4 Å². The molecule has 420 valence electrons. The van der Waals surface area contributed by atoms with Crippen LogP contribution in [-0.4, -0.2) is 83.3 Å². The monoisotopic (exact) mass is 1110 g/mol. The maximum atomic E-state index is 11.3. The summed E-state index contributed by atoms with van der Waals surface area (Å²) in [5.41, 5.74) is 33.0. The van der Waals surface area contributed by atoms with E-state index < -0.39 is 11.9 Å². The summed E-state index contributed by atoms with van der Waals surface area (Å²) in [4.78, 5) is 66.7. The van der Waals surface area contributed by atoms with Crippen molar-refractivity contribution in [3.8, 4) is 11.5 Å². The SMILES string of the molecule is CC(CCC(=O)O)CC(=O)O.CC1Cc2nc(N)[nH]c(=O)c2C1.CC1Cc2nc(N)nc(Cl)c2C1.COc1ccc(N(C)c2nc(N)nc3c2CC(C)C3)cc1.Cl.[CH2-][NH+](c1ccc(OC)cc1)c1nc(N)nc2c1CC(C)C2. The Morgan fingerprint density at radius 2 is 1.13 bits per heavy atom. The number of halogens is 2. The summed E-state index contributed by atoms with van der Waals surface area (Å²) in [5.74, 6) is 5.17. The summed E-state index contributed by atoms with van der Waals surface area (Å²) in [6.07, 6.45) is 8.13. The molecule has 78 heavy (non-hydrogen) atoms. The fraction of sp³-hybridized carbons (Fsp3) is 0.436. The molecular weight excluding hydrogens is 1040 g/mol. The molecule has 23 heteroatoms. The molecule has 6 aromatic rings. The number of benzene rings is 2. The lowest BCUT2D eigenvalue weighted by atomic mass is 10.0. The number of hydrogen-bond donors (Lipinski definition) is 8. The number of aromatic nitrogens is 8. The molecule has 0 saturated carbocycles. The number of fused-ring (bicyclic) bond motifs is 4. The molecule has 0 saturated heterocycles. The van der Waals surface area contributed by atoms with Gasteiger partial charge in [0.05, 0.1) is 42.6 Å². The molecule has 0 bridgehead atoms. The van der Waals surface area contributed by atoms with E-state index in [-0.39, 0.29) is 48.6 Å². The number of carboxylic acids is 2. The number of hydrogen-bond acceptors (Lipinski definition) is 17. The number of methoxy groups -OCH3 is 2. The van der Waals surface area contributed by atoms with Crippen molar-refractivity contribution in [3.05, 3.63) is 116 Å². The zero-order chi connectivity index (χ0) is 56.2. The van der Waals surface area contributed by atoms with Crippen molar-refractivity contribution < 1.29 is 34.2 Å². The standard InChI is InChI=1S/2C16H20N4O.C8H10ClN3.C8H11N3O.C7H12O4.ClH/c2*1-10-8-13-14(9-10)18-16(17)19-15(13)20(2)11-4-6-12(21-3)7-5-11;1-4-2-5-6(3-4)11-8(10)12-7(5)9;1-4-2-5-6(3-4)10-8(9)11-7(5)12;1-5(4-7(10)11)2-3-6(8)9;/h4-7,10H,8-9H2,1-3H3,(H2,17,18,19);4-7,10,20H,2,8-9H2,1,3H3,(H2,17,18,19);4H,2-3H2,1H3,(H2,10,11,12);4H,2-3H2,1H3,(H3,9,10,11,12);5H,2-4H2,1H3,(H,8,9)(H,10,11);1H. The first-order chi connectivity index (χ1) is 36.5. The van der Waals surface area contributed by atoms with E-state index in [0.29, 0.717) is 47.1 Å². The maximum Gasteiger partial charge on any atom is 0.303 e. The second-order valence-corrected chi connectivity index (χ2v) is 20.9. The van der Waals surface area contributed by atoms with Crippen LogP contribution < -0.4 is 47.8 Å². The third-order valence-corrected chi connectivity index (χ3v) is 13.9. The van der Waals surface area contributed by atoms with Crippen LogP contribution in [0.1, 0.15) is 98.9 Å². The van der Waals surface area contributed by atoms with Gasteiger partial charge in [0, 0.05) is 54.4 Å². The molecule has 4 heterocycles. The maximum absolute atomic E-state index is 11.3. The van der Waals surface area contributed by atoms with Gasteiger partial charge in [-0.25, -0.2) is 24.9 Å². The Balaban J connectivity index is 0.000000185. The number of H-pyrrole nitrogens is 1. The molecule has 0 radical (unpaired) electrons. The fourth-order valence-electron chi connectivity index (χ4n) is 9.84. The van der Waals surface area contributed by atoms with Crippen LogP contribution in [0, 0.1) is 36.6 Å². The lowest BCUT2D eigenvalue weighted by molar-refractivity contribution is -0.708. The van der Waals surface area contributed by atoms with Gasteiger partial charge in [0.25, 0.3) is 5.56 Å². The summed E-state index contributed by atoms with van der Waals surface area (Å²) < 4.78 is 10.4. The van der Waals surface area contributed by atoms with Crippen molar-refractivity contribution in [3.63, 3.8) is 0 Å². The topological polar surface area (TPSA) is 328 Å². The molecule has 4 aromatic heterocycles. The van der Waals surface area contributed by atoms with E-state index in [0.717, 1.165) is 125 Å². The number of ether oxygens (including phenoxy) is 2. The lowest BCUT2D eigenvalue weighted by Gasteiger charge is -2.21. The van der Waals surface area contributed by atoms with Crippen molar-refractivity contribution in [1.29, 1.82) is 0 Å². The highest BCUT2D eigenvalue weighted by molar-refractivity contribution is 6.30. The van der Waals surface area contributed by atoms with Crippen LogP contribution >= 0.6 is 24.0 Å². The number of rotatable bonds is 11. The van der Waals surface area contributed by atoms with Crippen molar-refractivity contribution in [2.75, 3.05) is 49.1 Å². The Morgan fingerprint density at radius 1 is 0.679 bits per heavy atom. The second-order valence-electron chi connectivity index (χ2n) is 20.5. The number of nitrogen functional groups attached to an aromatic ring is 4.